The van der Waals surface area contributed by atoms with E-state index in [1.165, 1.54) is 12.1 Å². The highest BCUT2D eigenvalue weighted by Gasteiger charge is 2.32. The van der Waals surface area contributed by atoms with Gasteiger partial charge in [-0.2, -0.15) is 0 Å². The van der Waals surface area contributed by atoms with Gasteiger partial charge in [-0.15, -0.1) is 6.58 Å². The van der Waals surface area contributed by atoms with Crippen molar-refractivity contribution in [1.29, 1.82) is 0 Å². The van der Waals surface area contributed by atoms with Crippen LogP contribution in [0.2, 0.25) is 0 Å². The number of benzene rings is 2. The van der Waals surface area contributed by atoms with Gasteiger partial charge in [0.2, 0.25) is 5.91 Å². The van der Waals surface area contributed by atoms with E-state index in [1.807, 2.05) is 43.0 Å². The summed E-state index contributed by atoms with van der Waals surface area (Å²) in [4.78, 5) is 27.1. The lowest BCUT2D eigenvalue weighted by Crippen LogP contribution is -2.41. The highest BCUT2D eigenvalue weighted by atomic mass is 19.1. The maximum absolute atomic E-state index is 14.2. The van der Waals surface area contributed by atoms with Gasteiger partial charge < -0.3 is 19.4 Å². The largest absolute Gasteiger partial charge is 0.486 e. The summed E-state index contributed by atoms with van der Waals surface area (Å²) in [5.74, 6) is 0.918. The maximum Gasteiger partial charge on any atom is 0.287 e. The molecule has 1 aliphatic heterocycles. The van der Waals surface area contributed by atoms with E-state index < -0.39 is 6.04 Å². The van der Waals surface area contributed by atoms with Crippen LogP contribution in [0.15, 0.2) is 71.7 Å². The number of furan rings is 1. The standard InChI is InChI=1S/C29H31FN2O4/c1-4-13-31-29(34)26-11-10-24(36-26)18-35-23-9-8-20-12-14-32(27(33)15-19(2)3)28(25(20)17-23)21-6-5-7-22(30)16-21/h4-11,16-17,19,28H,1,12-15,18H2,2-3H3,(H,31,34)/t28-/m0/s1. The first-order valence-corrected chi connectivity index (χ1v) is 12.1. The maximum atomic E-state index is 14.2. The third-order valence-corrected chi connectivity index (χ3v) is 6.09. The number of rotatable bonds is 9. The van der Waals surface area contributed by atoms with Crippen LogP contribution in [0, 0.1) is 11.7 Å². The van der Waals surface area contributed by atoms with Crippen molar-refractivity contribution in [2.45, 2.75) is 39.3 Å². The smallest absolute Gasteiger partial charge is 0.287 e. The topological polar surface area (TPSA) is 71.8 Å². The highest BCUT2D eigenvalue weighted by Crippen LogP contribution is 2.38. The predicted molar refractivity (Wildman–Crippen MR) is 135 cm³/mol. The molecule has 0 unspecified atom stereocenters. The van der Waals surface area contributed by atoms with Gasteiger partial charge in [-0.1, -0.05) is 38.1 Å². The summed E-state index contributed by atoms with van der Waals surface area (Å²) >= 11 is 0. The molecule has 0 radical (unpaired) electrons. The SMILES string of the molecule is C=CCNC(=O)c1ccc(COc2ccc3c(c2)[C@H](c2cccc(F)c2)N(C(=O)CC(C)C)CC3)o1. The summed E-state index contributed by atoms with van der Waals surface area (Å²) < 4.78 is 25.8. The molecule has 0 spiro atoms. The molecular weight excluding hydrogens is 459 g/mol. The van der Waals surface area contributed by atoms with Crippen molar-refractivity contribution in [3.05, 3.63) is 101 Å². The van der Waals surface area contributed by atoms with Gasteiger partial charge in [0.15, 0.2) is 5.76 Å². The van der Waals surface area contributed by atoms with E-state index in [2.05, 4.69) is 11.9 Å². The van der Waals surface area contributed by atoms with Crippen molar-refractivity contribution in [1.82, 2.24) is 10.2 Å². The number of amides is 2. The average Bonchev–Trinajstić information content (AvgIpc) is 3.34. The summed E-state index contributed by atoms with van der Waals surface area (Å²) in [6.07, 6.45) is 2.74. The number of halogens is 1. The number of hydrogen-bond acceptors (Lipinski definition) is 4. The minimum absolute atomic E-state index is 0.0501. The van der Waals surface area contributed by atoms with E-state index >= 15 is 0 Å². The van der Waals surface area contributed by atoms with Crippen molar-refractivity contribution < 1.29 is 23.1 Å². The van der Waals surface area contributed by atoms with Gasteiger partial charge in [0.25, 0.3) is 5.91 Å². The van der Waals surface area contributed by atoms with E-state index in [9.17, 15) is 14.0 Å². The fourth-order valence-corrected chi connectivity index (χ4v) is 4.44. The van der Waals surface area contributed by atoms with Crippen molar-refractivity contribution >= 4 is 11.8 Å². The van der Waals surface area contributed by atoms with Crippen molar-refractivity contribution in [3.63, 3.8) is 0 Å². The summed E-state index contributed by atoms with van der Waals surface area (Å²) in [6.45, 7) is 8.66. The lowest BCUT2D eigenvalue weighted by molar-refractivity contribution is -0.134. The molecule has 4 rings (SSSR count). The quantitative estimate of drug-likeness (QED) is 0.406. The monoisotopic (exact) mass is 490 g/mol. The van der Waals surface area contributed by atoms with Crippen molar-refractivity contribution in [2.24, 2.45) is 5.92 Å². The van der Waals surface area contributed by atoms with E-state index in [0.717, 1.165) is 16.7 Å². The molecule has 1 aliphatic rings. The fraction of sp³-hybridized carbons (Fsp3) is 0.310. The number of nitrogens with zero attached hydrogens (tertiary/aromatic N) is 1. The fourth-order valence-electron chi connectivity index (χ4n) is 4.44. The molecular formula is C29H31FN2O4. The van der Waals surface area contributed by atoms with Crippen LogP contribution in [0.25, 0.3) is 0 Å². The Labute approximate surface area is 210 Å². The lowest BCUT2D eigenvalue weighted by atomic mass is 9.87. The van der Waals surface area contributed by atoms with E-state index in [1.54, 1.807) is 24.3 Å². The molecule has 188 valence electrons. The third kappa shape index (κ3) is 5.85. The predicted octanol–water partition coefficient (Wildman–Crippen LogP) is 5.43. The molecule has 0 saturated carbocycles. The number of ether oxygens (including phenoxy) is 1. The molecule has 0 saturated heterocycles. The highest BCUT2D eigenvalue weighted by molar-refractivity contribution is 5.91. The molecule has 0 bridgehead atoms. The Balaban J connectivity index is 1.58. The van der Waals surface area contributed by atoms with E-state index in [4.69, 9.17) is 9.15 Å². The summed E-state index contributed by atoms with van der Waals surface area (Å²) in [7, 11) is 0. The van der Waals surface area contributed by atoms with Gasteiger partial charge in [-0.05, 0) is 65.4 Å². The average molecular weight is 491 g/mol. The van der Waals surface area contributed by atoms with Gasteiger partial charge in [-0.3, -0.25) is 9.59 Å². The van der Waals surface area contributed by atoms with Crippen LogP contribution in [-0.2, 0) is 17.8 Å². The zero-order chi connectivity index (χ0) is 25.7. The number of carbonyl (C=O) groups excluding carboxylic acids is 2. The van der Waals surface area contributed by atoms with Gasteiger partial charge >= 0.3 is 0 Å². The van der Waals surface area contributed by atoms with Crippen LogP contribution in [0.4, 0.5) is 4.39 Å². The van der Waals surface area contributed by atoms with Crippen molar-refractivity contribution in [2.75, 3.05) is 13.1 Å². The normalized spacial score (nSPS) is 14.9. The molecule has 2 aromatic carbocycles. The summed E-state index contributed by atoms with van der Waals surface area (Å²) in [6, 6.07) is 15.1. The van der Waals surface area contributed by atoms with Gasteiger partial charge in [0.1, 0.15) is 23.9 Å². The van der Waals surface area contributed by atoms with Crippen LogP contribution in [0.3, 0.4) is 0 Å². The Bertz CT molecular complexity index is 1250. The zero-order valence-corrected chi connectivity index (χ0v) is 20.6. The van der Waals surface area contributed by atoms with Gasteiger partial charge in [-0.25, -0.2) is 4.39 Å². The van der Waals surface area contributed by atoms with Crippen LogP contribution in [0.1, 0.15) is 59.3 Å². The molecule has 36 heavy (non-hydrogen) atoms. The molecule has 7 heteroatoms. The molecule has 6 nitrogen and oxygen atoms in total. The van der Waals surface area contributed by atoms with Gasteiger partial charge in [0, 0.05) is 19.5 Å². The number of nitrogens with one attached hydrogen (secondary N) is 1. The summed E-state index contributed by atoms with van der Waals surface area (Å²) in [5.41, 5.74) is 2.75. The molecule has 2 amide bonds. The first-order chi connectivity index (χ1) is 17.4. The Hall–Kier alpha value is -3.87. The molecule has 1 N–H and O–H groups in total. The van der Waals surface area contributed by atoms with Crippen LogP contribution < -0.4 is 10.1 Å². The van der Waals surface area contributed by atoms with Crippen molar-refractivity contribution in [3.8, 4) is 5.75 Å². The van der Waals surface area contributed by atoms with Crippen LogP contribution in [0.5, 0.6) is 5.75 Å². The lowest BCUT2D eigenvalue weighted by Gasteiger charge is -2.38. The number of fused-ring (bicyclic) bond motifs is 1. The summed E-state index contributed by atoms with van der Waals surface area (Å²) in [5, 5.41) is 2.67. The molecule has 1 aromatic heterocycles. The second kappa shape index (κ2) is 11.2. The number of hydrogen-bond donors (Lipinski definition) is 1. The molecule has 2 heterocycles. The van der Waals surface area contributed by atoms with Crippen LogP contribution in [-0.4, -0.2) is 29.8 Å². The molecule has 3 aromatic rings. The molecule has 1 atom stereocenters. The second-order valence-corrected chi connectivity index (χ2v) is 9.31. The Kier molecular flexibility index (Phi) is 7.88. The van der Waals surface area contributed by atoms with E-state index in [0.29, 0.717) is 37.4 Å². The van der Waals surface area contributed by atoms with E-state index in [-0.39, 0.29) is 35.9 Å². The minimum Gasteiger partial charge on any atom is -0.486 e. The Morgan fingerprint density at radius 3 is 2.81 bits per heavy atom. The first-order valence-electron chi connectivity index (χ1n) is 12.1. The third-order valence-electron chi connectivity index (χ3n) is 6.09. The van der Waals surface area contributed by atoms with Crippen LogP contribution >= 0.6 is 0 Å². The first kappa shape index (κ1) is 25.2. The Morgan fingerprint density at radius 1 is 1.22 bits per heavy atom. The minimum atomic E-state index is -0.400. The van der Waals surface area contributed by atoms with Gasteiger partial charge in [0.05, 0.1) is 6.04 Å². The zero-order valence-electron chi connectivity index (χ0n) is 20.6. The molecule has 0 fully saturated rings. The number of carbonyl (C=O) groups is 2. The molecule has 0 aliphatic carbocycles. The second-order valence-electron chi connectivity index (χ2n) is 9.31. The Morgan fingerprint density at radius 2 is 2.06 bits per heavy atom.